The van der Waals surface area contributed by atoms with Gasteiger partial charge in [0.1, 0.15) is 5.82 Å². The lowest BCUT2D eigenvalue weighted by atomic mass is 10.4. The molecule has 0 unspecified atom stereocenters. The van der Waals surface area contributed by atoms with E-state index in [4.69, 9.17) is 4.74 Å². The van der Waals surface area contributed by atoms with Gasteiger partial charge in [-0.1, -0.05) is 0 Å². The van der Waals surface area contributed by atoms with E-state index in [0.29, 0.717) is 24.8 Å². The van der Waals surface area contributed by atoms with Gasteiger partial charge in [0.15, 0.2) is 0 Å². The van der Waals surface area contributed by atoms with Crippen molar-refractivity contribution in [3.63, 3.8) is 0 Å². The molecule has 0 aliphatic carbocycles. The highest BCUT2D eigenvalue weighted by Gasteiger charge is 2.05. The van der Waals surface area contributed by atoms with Crippen LogP contribution in [-0.4, -0.2) is 21.6 Å². The van der Waals surface area contributed by atoms with Crippen molar-refractivity contribution in [2.75, 3.05) is 11.9 Å². The average Bonchev–Trinajstić information content (AvgIpc) is 2.66. The van der Waals surface area contributed by atoms with Crippen molar-refractivity contribution >= 4 is 17.2 Å². The van der Waals surface area contributed by atoms with Crippen molar-refractivity contribution in [3.05, 3.63) is 28.0 Å². The second kappa shape index (κ2) is 5.77. The lowest BCUT2D eigenvalue weighted by Crippen LogP contribution is -2.04. The van der Waals surface area contributed by atoms with Crippen LogP contribution in [0, 0.1) is 13.8 Å². The third-order valence-corrected chi connectivity index (χ3v) is 3.27. The Balaban J connectivity index is 2.01. The molecule has 5 nitrogen and oxygen atoms in total. The second-order valence-electron chi connectivity index (χ2n) is 3.76. The summed E-state index contributed by atoms with van der Waals surface area (Å²) in [5, 5.41) is 4.29. The summed E-state index contributed by atoms with van der Waals surface area (Å²) in [4.78, 5) is 14.1. The summed E-state index contributed by atoms with van der Waals surface area (Å²) < 4.78 is 5.30. The summed E-state index contributed by atoms with van der Waals surface area (Å²) in [6.45, 7) is 7.24. The monoisotopic (exact) mass is 264 g/mol. The number of nitrogens with zero attached hydrogens (tertiary/aromatic N) is 3. The predicted octanol–water partition coefficient (Wildman–Crippen LogP) is 2.56. The average molecular weight is 264 g/mol. The number of thiazole rings is 1. The predicted molar refractivity (Wildman–Crippen MR) is 72.1 cm³/mol. The van der Waals surface area contributed by atoms with E-state index < -0.39 is 0 Å². The Bertz CT molecular complexity index is 527. The lowest BCUT2D eigenvalue weighted by Gasteiger charge is -2.06. The normalized spacial score (nSPS) is 10.4. The highest BCUT2D eigenvalue weighted by atomic mass is 32.1. The fraction of sp³-hybridized carbons (Fsp3) is 0.417. The van der Waals surface area contributed by atoms with Crippen molar-refractivity contribution in [2.24, 2.45) is 0 Å². The molecule has 2 heterocycles. The Labute approximate surface area is 110 Å². The van der Waals surface area contributed by atoms with E-state index in [2.05, 4.69) is 27.2 Å². The van der Waals surface area contributed by atoms with E-state index >= 15 is 0 Å². The van der Waals surface area contributed by atoms with E-state index in [0.717, 1.165) is 10.7 Å². The van der Waals surface area contributed by atoms with E-state index in [1.807, 2.05) is 13.8 Å². The largest absolute Gasteiger partial charge is 0.477 e. The maximum atomic E-state index is 5.30. The van der Waals surface area contributed by atoms with Crippen molar-refractivity contribution in [1.82, 2.24) is 15.0 Å². The smallest absolute Gasteiger partial charge is 0.234 e. The number of anilines is 1. The molecule has 0 saturated heterocycles. The fourth-order valence-electron chi connectivity index (χ4n) is 1.56. The minimum absolute atomic E-state index is 0.536. The molecule has 0 amide bonds. The molecular weight excluding hydrogens is 248 g/mol. The first-order valence-corrected chi connectivity index (χ1v) is 6.62. The lowest BCUT2D eigenvalue weighted by molar-refractivity contribution is 0.325. The summed E-state index contributed by atoms with van der Waals surface area (Å²) in [7, 11) is 0. The van der Waals surface area contributed by atoms with Crippen LogP contribution in [0.2, 0.25) is 0 Å². The number of rotatable bonds is 5. The van der Waals surface area contributed by atoms with Crippen LogP contribution in [0.5, 0.6) is 5.88 Å². The maximum Gasteiger partial charge on any atom is 0.234 e. The molecular formula is C12H16N4OS. The summed E-state index contributed by atoms with van der Waals surface area (Å²) in [6, 6.07) is 0. The third kappa shape index (κ3) is 3.16. The number of hydrogen-bond acceptors (Lipinski definition) is 6. The zero-order valence-corrected chi connectivity index (χ0v) is 11.5. The maximum absolute atomic E-state index is 5.30. The number of ether oxygens (including phenoxy) is 1. The van der Waals surface area contributed by atoms with Gasteiger partial charge in [0.05, 0.1) is 36.2 Å². The van der Waals surface area contributed by atoms with Crippen molar-refractivity contribution < 1.29 is 4.74 Å². The Morgan fingerprint density at radius 3 is 2.78 bits per heavy atom. The number of aromatic nitrogens is 3. The zero-order valence-electron chi connectivity index (χ0n) is 10.7. The molecule has 0 atom stereocenters. The molecule has 0 aromatic carbocycles. The zero-order chi connectivity index (χ0) is 13.0. The Kier molecular flexibility index (Phi) is 4.09. The van der Waals surface area contributed by atoms with Crippen molar-refractivity contribution in [2.45, 2.75) is 27.3 Å². The van der Waals surface area contributed by atoms with Gasteiger partial charge < -0.3 is 10.1 Å². The molecule has 1 N–H and O–H groups in total. The molecule has 0 spiro atoms. The molecule has 0 fully saturated rings. The Morgan fingerprint density at radius 1 is 1.28 bits per heavy atom. The molecule has 0 aliphatic rings. The highest BCUT2D eigenvalue weighted by molar-refractivity contribution is 7.11. The molecule has 18 heavy (non-hydrogen) atoms. The van der Waals surface area contributed by atoms with Crippen LogP contribution >= 0.6 is 11.3 Å². The summed E-state index contributed by atoms with van der Waals surface area (Å²) in [5.41, 5.74) is 1.06. The van der Waals surface area contributed by atoms with Crippen LogP contribution in [0.1, 0.15) is 22.5 Å². The van der Waals surface area contributed by atoms with Crippen LogP contribution in [-0.2, 0) is 6.54 Å². The van der Waals surface area contributed by atoms with Gasteiger partial charge >= 0.3 is 0 Å². The van der Waals surface area contributed by atoms with Gasteiger partial charge in [-0.3, -0.25) is 4.98 Å². The van der Waals surface area contributed by atoms with E-state index in [9.17, 15) is 0 Å². The molecule has 0 bridgehead atoms. The minimum atomic E-state index is 0.536. The molecule has 96 valence electrons. The molecule has 2 aromatic rings. The van der Waals surface area contributed by atoms with Gasteiger partial charge in [0, 0.05) is 4.88 Å². The quantitative estimate of drug-likeness (QED) is 0.899. The third-order valence-electron chi connectivity index (χ3n) is 2.34. The van der Waals surface area contributed by atoms with Crippen LogP contribution in [0.15, 0.2) is 12.4 Å². The molecule has 6 heteroatoms. The van der Waals surface area contributed by atoms with Gasteiger partial charge in [-0.25, -0.2) is 4.98 Å². The molecule has 2 rings (SSSR count). The fourth-order valence-corrected chi connectivity index (χ4v) is 2.40. The van der Waals surface area contributed by atoms with Crippen LogP contribution in [0.25, 0.3) is 0 Å². The number of aryl methyl sites for hydroxylation is 2. The van der Waals surface area contributed by atoms with Gasteiger partial charge in [0.25, 0.3) is 0 Å². The first kappa shape index (κ1) is 12.8. The molecule has 0 aliphatic heterocycles. The van der Waals surface area contributed by atoms with Crippen LogP contribution in [0.3, 0.4) is 0 Å². The Hall–Kier alpha value is -1.69. The van der Waals surface area contributed by atoms with E-state index in [-0.39, 0.29) is 0 Å². The van der Waals surface area contributed by atoms with Crippen LogP contribution < -0.4 is 10.1 Å². The number of hydrogen-bond donors (Lipinski definition) is 1. The summed E-state index contributed by atoms with van der Waals surface area (Å²) in [5.74, 6) is 1.24. The second-order valence-corrected chi connectivity index (χ2v) is 5.17. The number of nitrogens with one attached hydrogen (secondary N) is 1. The summed E-state index contributed by atoms with van der Waals surface area (Å²) >= 11 is 1.70. The first-order chi connectivity index (χ1) is 8.69. The molecule has 0 saturated carbocycles. The van der Waals surface area contributed by atoms with Crippen molar-refractivity contribution in [3.8, 4) is 5.88 Å². The topological polar surface area (TPSA) is 59.9 Å². The first-order valence-electron chi connectivity index (χ1n) is 5.80. The Morgan fingerprint density at radius 2 is 2.11 bits per heavy atom. The molecule has 2 aromatic heterocycles. The van der Waals surface area contributed by atoms with E-state index in [1.54, 1.807) is 23.7 Å². The molecule has 0 radical (unpaired) electrons. The van der Waals surface area contributed by atoms with E-state index in [1.165, 1.54) is 4.88 Å². The van der Waals surface area contributed by atoms with Crippen molar-refractivity contribution in [1.29, 1.82) is 0 Å². The SMILES string of the molecule is CCOc1cncc(NCc2nc(C)sc2C)n1. The van der Waals surface area contributed by atoms with Gasteiger partial charge in [-0.15, -0.1) is 11.3 Å². The standard InChI is InChI=1S/C12H16N4OS/c1-4-17-12-7-13-6-11(16-12)14-5-10-8(2)18-9(3)15-10/h6-7H,4-5H2,1-3H3,(H,14,16). The van der Waals surface area contributed by atoms with Gasteiger partial charge in [0.2, 0.25) is 5.88 Å². The van der Waals surface area contributed by atoms with Gasteiger partial charge in [-0.05, 0) is 20.8 Å². The highest BCUT2D eigenvalue weighted by Crippen LogP contribution is 2.17. The van der Waals surface area contributed by atoms with Crippen LogP contribution in [0.4, 0.5) is 5.82 Å². The summed E-state index contributed by atoms with van der Waals surface area (Å²) in [6.07, 6.45) is 3.28. The van der Waals surface area contributed by atoms with Gasteiger partial charge in [-0.2, -0.15) is 4.98 Å². The minimum Gasteiger partial charge on any atom is -0.477 e.